The van der Waals surface area contributed by atoms with Crippen LogP contribution >= 0.6 is 0 Å². The molecule has 16 rings (SSSR count). The quantitative estimate of drug-likeness (QED) is 0.101. The van der Waals surface area contributed by atoms with Crippen LogP contribution in [-0.2, 0) is 0 Å². The van der Waals surface area contributed by atoms with Gasteiger partial charge in [-0.3, -0.25) is 0 Å². The predicted molar refractivity (Wildman–Crippen MR) is 411 cm³/mol. The third-order valence-electron chi connectivity index (χ3n) is 18.4. The molecule has 0 unspecified atom stereocenters. The molecular weight excluding hydrogens is 1160 g/mol. The molecule has 0 heterocycles. The second-order valence-corrected chi connectivity index (χ2v) is 24.2. The molecule has 0 spiro atoms. The Morgan fingerprint density at radius 3 is 0.708 bits per heavy atom. The minimum Gasteiger partial charge on any atom is -0.345 e. The van der Waals surface area contributed by atoms with Gasteiger partial charge in [-0.15, -0.1) is 0 Å². The Labute approximate surface area is 563 Å². The zero-order chi connectivity index (χ0) is 64.6. The Balaban J connectivity index is 0.000000158. The number of nitrogens with zero attached hydrogens (tertiary/aromatic N) is 4. The molecule has 96 heavy (non-hydrogen) atoms. The van der Waals surface area contributed by atoms with E-state index in [-0.39, 0.29) is 0 Å². The summed E-state index contributed by atoms with van der Waals surface area (Å²) in [7, 11) is 4.25. The number of benzene rings is 16. The summed E-state index contributed by atoms with van der Waals surface area (Å²) in [5.74, 6) is 0. The normalized spacial score (nSPS) is 11.0. The molecule has 16 aromatic carbocycles. The van der Waals surface area contributed by atoms with E-state index >= 15 is 0 Å². The van der Waals surface area contributed by atoms with Gasteiger partial charge in [0.25, 0.3) is 0 Å². The van der Waals surface area contributed by atoms with Gasteiger partial charge in [0.05, 0.1) is 11.4 Å². The van der Waals surface area contributed by atoms with Crippen LogP contribution in [0, 0.1) is 0 Å². The van der Waals surface area contributed by atoms with Gasteiger partial charge in [-0.1, -0.05) is 279 Å². The summed E-state index contributed by atoms with van der Waals surface area (Å²) in [6, 6.07) is 139. The van der Waals surface area contributed by atoms with Crippen molar-refractivity contribution in [2.45, 2.75) is 0 Å². The van der Waals surface area contributed by atoms with Gasteiger partial charge >= 0.3 is 0 Å². The molecule has 0 aromatic heterocycles. The van der Waals surface area contributed by atoms with Gasteiger partial charge in [-0.25, -0.2) is 0 Å². The van der Waals surface area contributed by atoms with Crippen LogP contribution in [0.15, 0.2) is 388 Å². The molecule has 0 saturated carbocycles. The van der Waals surface area contributed by atoms with Crippen molar-refractivity contribution in [1.29, 1.82) is 0 Å². The number of hydrogen-bond acceptors (Lipinski definition) is 4. The minimum absolute atomic E-state index is 1.11. The highest BCUT2D eigenvalue weighted by Crippen LogP contribution is 2.43. The van der Waals surface area contributed by atoms with Crippen molar-refractivity contribution in [3.05, 3.63) is 388 Å². The van der Waals surface area contributed by atoms with Crippen molar-refractivity contribution in [2.75, 3.05) is 33.7 Å². The first-order valence-electron chi connectivity index (χ1n) is 32.8. The second kappa shape index (κ2) is 27.4. The smallest absolute Gasteiger partial charge is 0.0540 e. The van der Waals surface area contributed by atoms with Crippen LogP contribution < -0.4 is 19.6 Å². The van der Waals surface area contributed by atoms with Gasteiger partial charge in [0.2, 0.25) is 0 Å². The average Bonchev–Trinajstić information content (AvgIpc) is 0.872. The maximum absolute atomic E-state index is 2.36. The standard InChI is InChI=1S/C47H36N2.C45H34N2/c1-48(42-27-19-37(20-28-42)35-11-4-2-5-12-35)43-29-21-39(22-30-43)40-25-33-45(34-26-40)49(47-18-10-16-41-15-8-9-17-46(41)47)44-31-23-38(24-32-44)36-13-6-3-7-14-36;1-46(43-31-24-34-12-5-6-14-39(34)32-43)40-25-18-36(19-26-40)37-22-29-42(30-23-37)47(45-17-9-15-38-13-7-8-16-44(38)45)41-27-20-35(21-28-41)33-10-3-2-4-11-33/h2-34H,1H3;2-32H,1H3. The first kappa shape index (κ1) is 59.8. The molecule has 0 bridgehead atoms. The average molecular weight is 1230 g/mol. The highest BCUT2D eigenvalue weighted by Gasteiger charge is 2.19. The maximum atomic E-state index is 2.36. The van der Waals surface area contributed by atoms with Crippen molar-refractivity contribution < 1.29 is 0 Å². The SMILES string of the molecule is CN(c1ccc(-c2ccc(N(c3ccc(-c4ccccc4)cc3)c3cccc4ccccc34)cc2)cc1)c1ccc2ccccc2c1.CN(c1ccc(-c2ccccc2)cc1)c1ccc(-c2ccc(N(c3ccc(-c4ccccc4)cc3)c3cccc4ccccc34)cc2)cc1. The highest BCUT2D eigenvalue weighted by atomic mass is 15.2. The predicted octanol–water partition coefficient (Wildman–Crippen LogP) is 25.6. The van der Waals surface area contributed by atoms with E-state index in [1.165, 1.54) is 93.6 Å². The topological polar surface area (TPSA) is 13.0 Å². The van der Waals surface area contributed by atoms with Gasteiger partial charge in [-0.05, 0) is 186 Å². The molecule has 16 aromatic rings. The molecule has 0 fully saturated rings. The lowest BCUT2D eigenvalue weighted by Gasteiger charge is -2.27. The summed E-state index contributed by atoms with van der Waals surface area (Å²) in [5, 5.41) is 7.39. The van der Waals surface area contributed by atoms with Crippen molar-refractivity contribution in [3.8, 4) is 55.6 Å². The number of anilines is 10. The molecule has 4 nitrogen and oxygen atoms in total. The van der Waals surface area contributed by atoms with Crippen LogP contribution in [0.3, 0.4) is 0 Å². The summed E-state index contributed by atoms with van der Waals surface area (Å²) in [4.78, 5) is 9.20. The van der Waals surface area contributed by atoms with Crippen LogP contribution in [0.25, 0.3) is 88.0 Å². The minimum atomic E-state index is 1.11. The fourth-order valence-corrected chi connectivity index (χ4v) is 13.1. The first-order chi connectivity index (χ1) is 47.4. The van der Waals surface area contributed by atoms with Gasteiger partial charge in [0.1, 0.15) is 0 Å². The molecule has 0 amide bonds. The Morgan fingerprint density at radius 1 is 0.156 bits per heavy atom. The molecule has 0 aliphatic rings. The summed E-state index contributed by atoms with van der Waals surface area (Å²) in [5.41, 5.74) is 23.5. The van der Waals surface area contributed by atoms with Crippen LogP contribution in [0.4, 0.5) is 56.9 Å². The molecule has 0 saturated heterocycles. The van der Waals surface area contributed by atoms with E-state index in [0.29, 0.717) is 0 Å². The molecule has 458 valence electrons. The van der Waals surface area contributed by atoms with E-state index in [1.807, 2.05) is 0 Å². The zero-order valence-corrected chi connectivity index (χ0v) is 53.7. The van der Waals surface area contributed by atoms with Crippen molar-refractivity contribution in [3.63, 3.8) is 0 Å². The van der Waals surface area contributed by atoms with Crippen LogP contribution in [0.1, 0.15) is 0 Å². The van der Waals surface area contributed by atoms with E-state index in [2.05, 4.69) is 422 Å². The van der Waals surface area contributed by atoms with Crippen LogP contribution in [0.2, 0.25) is 0 Å². The van der Waals surface area contributed by atoms with E-state index < -0.39 is 0 Å². The largest absolute Gasteiger partial charge is 0.345 e. The highest BCUT2D eigenvalue weighted by molar-refractivity contribution is 6.01. The summed E-state index contributed by atoms with van der Waals surface area (Å²) < 4.78 is 0. The third kappa shape index (κ3) is 12.8. The number of fused-ring (bicyclic) bond motifs is 3. The van der Waals surface area contributed by atoms with Gasteiger partial charge in [-0.2, -0.15) is 0 Å². The zero-order valence-electron chi connectivity index (χ0n) is 53.7. The Kier molecular flexibility index (Phi) is 17.0. The molecule has 0 radical (unpaired) electrons. The third-order valence-corrected chi connectivity index (χ3v) is 18.4. The van der Waals surface area contributed by atoms with E-state index in [4.69, 9.17) is 0 Å². The Hall–Kier alpha value is -12.5. The van der Waals surface area contributed by atoms with E-state index in [9.17, 15) is 0 Å². The molecule has 0 aliphatic carbocycles. The maximum Gasteiger partial charge on any atom is 0.0540 e. The fraction of sp³-hybridized carbons (Fsp3) is 0.0217. The number of hydrogen-bond donors (Lipinski definition) is 0. The van der Waals surface area contributed by atoms with Crippen molar-refractivity contribution in [2.24, 2.45) is 0 Å². The van der Waals surface area contributed by atoms with Crippen LogP contribution in [-0.4, -0.2) is 14.1 Å². The summed E-state index contributed by atoms with van der Waals surface area (Å²) in [6.07, 6.45) is 0. The van der Waals surface area contributed by atoms with Gasteiger partial charge < -0.3 is 19.6 Å². The lowest BCUT2D eigenvalue weighted by molar-refractivity contribution is 1.21. The van der Waals surface area contributed by atoms with Gasteiger partial charge in [0, 0.05) is 70.4 Å². The summed E-state index contributed by atoms with van der Waals surface area (Å²) >= 11 is 0. The van der Waals surface area contributed by atoms with Crippen molar-refractivity contribution >= 4 is 89.2 Å². The fourth-order valence-electron chi connectivity index (χ4n) is 13.1. The van der Waals surface area contributed by atoms with Gasteiger partial charge in [0.15, 0.2) is 0 Å². The molecule has 0 atom stereocenters. The molecule has 4 heteroatoms. The van der Waals surface area contributed by atoms with E-state index in [1.54, 1.807) is 0 Å². The lowest BCUT2D eigenvalue weighted by Crippen LogP contribution is -2.10. The van der Waals surface area contributed by atoms with Crippen molar-refractivity contribution in [1.82, 2.24) is 0 Å². The Morgan fingerprint density at radius 2 is 0.385 bits per heavy atom. The number of rotatable bonds is 15. The molecule has 0 aliphatic heterocycles. The first-order valence-corrected chi connectivity index (χ1v) is 32.8. The Bertz CT molecular complexity index is 5240. The molecule has 0 N–H and O–H groups in total. The monoisotopic (exact) mass is 1230 g/mol. The molecular formula is C92H70N4. The lowest BCUT2D eigenvalue weighted by atomic mass is 10.0. The van der Waals surface area contributed by atoms with E-state index in [0.717, 1.165) is 51.2 Å². The van der Waals surface area contributed by atoms with Crippen LogP contribution in [0.5, 0.6) is 0 Å². The second-order valence-electron chi connectivity index (χ2n) is 24.2. The summed E-state index contributed by atoms with van der Waals surface area (Å²) in [6.45, 7) is 0.